The average molecular weight is 364 g/mol. The van der Waals surface area contributed by atoms with Crippen molar-refractivity contribution in [3.63, 3.8) is 0 Å². The van der Waals surface area contributed by atoms with Crippen LogP contribution in [0.2, 0.25) is 0 Å². The molecule has 1 heterocycles. The third kappa shape index (κ3) is 5.61. The second kappa shape index (κ2) is 9.06. The van der Waals surface area contributed by atoms with Gasteiger partial charge in [0.05, 0.1) is 12.7 Å². The summed E-state index contributed by atoms with van der Waals surface area (Å²) >= 11 is 0. The summed E-state index contributed by atoms with van der Waals surface area (Å²) in [7, 11) is 0. The van der Waals surface area contributed by atoms with Crippen LogP contribution in [0.3, 0.4) is 0 Å². The quantitative estimate of drug-likeness (QED) is 0.274. The Morgan fingerprint density at radius 2 is 1.76 bits per heavy atom. The van der Waals surface area contributed by atoms with Gasteiger partial charge in [-0.3, -0.25) is 9.59 Å². The van der Waals surface area contributed by atoms with Crippen molar-refractivity contribution in [1.82, 2.24) is 10.6 Å². The predicted octanol–water partition coefficient (Wildman–Crippen LogP) is -3.08. The van der Waals surface area contributed by atoms with Gasteiger partial charge in [-0.25, -0.2) is 4.79 Å². The molecule has 2 amide bonds. The molecule has 6 N–H and O–H groups in total. The Morgan fingerprint density at radius 3 is 2.20 bits per heavy atom. The maximum absolute atomic E-state index is 11.3. The summed E-state index contributed by atoms with van der Waals surface area (Å²) in [5.74, 6) is -2.48. The Bertz CT molecular complexity index is 501. The minimum atomic E-state index is -1.52. The van der Waals surface area contributed by atoms with E-state index in [2.05, 4.69) is 10.6 Å². The smallest absolute Gasteiger partial charge is 0.328 e. The van der Waals surface area contributed by atoms with Crippen molar-refractivity contribution in [3.8, 4) is 0 Å². The van der Waals surface area contributed by atoms with Crippen molar-refractivity contribution in [2.24, 2.45) is 0 Å². The minimum Gasteiger partial charge on any atom is -0.480 e. The van der Waals surface area contributed by atoms with Crippen LogP contribution in [0.1, 0.15) is 20.8 Å². The van der Waals surface area contributed by atoms with Crippen molar-refractivity contribution in [3.05, 3.63) is 0 Å². The van der Waals surface area contributed by atoms with Crippen LogP contribution >= 0.6 is 0 Å². The summed E-state index contributed by atoms with van der Waals surface area (Å²) in [4.78, 5) is 33.7. The molecule has 7 atom stereocenters. The number of ether oxygens (including phenoxy) is 2. The monoisotopic (exact) mass is 364 g/mol. The molecular formula is C14H24N2O9. The molecule has 0 aromatic carbocycles. The van der Waals surface area contributed by atoms with Gasteiger partial charge in [0.1, 0.15) is 24.4 Å². The van der Waals surface area contributed by atoms with Crippen molar-refractivity contribution in [2.75, 3.05) is 6.61 Å². The van der Waals surface area contributed by atoms with Crippen LogP contribution in [-0.4, -0.2) is 87.6 Å². The number of rotatable bonds is 7. The molecule has 1 aliphatic heterocycles. The fourth-order valence-corrected chi connectivity index (χ4v) is 2.48. The van der Waals surface area contributed by atoms with E-state index in [1.165, 1.54) is 13.8 Å². The molecule has 1 rings (SSSR count). The van der Waals surface area contributed by atoms with Crippen LogP contribution in [0.4, 0.5) is 0 Å². The maximum atomic E-state index is 11.3. The molecule has 0 bridgehead atoms. The van der Waals surface area contributed by atoms with Crippen LogP contribution in [0.15, 0.2) is 0 Å². The number of carboxylic acids is 1. The number of nitrogens with one attached hydrogen (secondary N) is 2. The van der Waals surface area contributed by atoms with Gasteiger partial charge < -0.3 is 40.5 Å². The summed E-state index contributed by atoms with van der Waals surface area (Å²) in [5, 5.41) is 43.0. The topological polar surface area (TPSA) is 175 Å². The molecule has 0 aromatic rings. The maximum Gasteiger partial charge on any atom is 0.328 e. The Morgan fingerprint density at radius 1 is 1.16 bits per heavy atom. The van der Waals surface area contributed by atoms with Crippen molar-refractivity contribution >= 4 is 17.8 Å². The summed E-state index contributed by atoms with van der Waals surface area (Å²) < 4.78 is 10.8. The van der Waals surface area contributed by atoms with Gasteiger partial charge in [-0.1, -0.05) is 0 Å². The van der Waals surface area contributed by atoms with E-state index in [4.69, 9.17) is 9.47 Å². The van der Waals surface area contributed by atoms with Crippen LogP contribution < -0.4 is 10.6 Å². The number of hydrogen-bond donors (Lipinski definition) is 6. The van der Waals surface area contributed by atoms with Gasteiger partial charge in [0, 0.05) is 13.8 Å². The van der Waals surface area contributed by atoms with Crippen molar-refractivity contribution in [2.45, 2.75) is 63.6 Å². The third-order valence-electron chi connectivity index (χ3n) is 3.69. The molecule has 0 spiro atoms. The molecule has 0 radical (unpaired) electrons. The SMILES string of the molecule is CC(=O)N[C@H]1[C@H](O[C@H](C)[C@H](NC(C)=O)C(=O)O)O[C@H](CO)[C@@H](O)[C@@H]1O. The van der Waals surface area contributed by atoms with E-state index in [9.17, 15) is 34.8 Å². The van der Waals surface area contributed by atoms with Gasteiger partial charge in [-0.2, -0.15) is 0 Å². The Kier molecular flexibility index (Phi) is 7.70. The lowest BCUT2D eigenvalue weighted by Crippen LogP contribution is -2.65. The number of hydrogen-bond acceptors (Lipinski definition) is 8. The minimum absolute atomic E-state index is 0.541. The summed E-state index contributed by atoms with van der Waals surface area (Å²) in [6.07, 6.45) is -6.66. The molecule has 0 saturated carbocycles. The van der Waals surface area contributed by atoms with Gasteiger partial charge >= 0.3 is 5.97 Å². The molecule has 0 unspecified atom stereocenters. The van der Waals surface area contributed by atoms with Gasteiger partial charge in [0.2, 0.25) is 11.8 Å². The van der Waals surface area contributed by atoms with E-state index in [1.807, 2.05) is 0 Å². The molecule has 0 aromatic heterocycles. The normalized spacial score (nSPS) is 31.7. The lowest BCUT2D eigenvalue weighted by atomic mass is 9.96. The Labute approximate surface area is 143 Å². The number of amides is 2. The van der Waals surface area contributed by atoms with E-state index in [0.717, 1.165) is 6.92 Å². The second-order valence-corrected chi connectivity index (χ2v) is 5.79. The van der Waals surface area contributed by atoms with Gasteiger partial charge in [-0.15, -0.1) is 0 Å². The van der Waals surface area contributed by atoms with Gasteiger partial charge in [0.25, 0.3) is 0 Å². The van der Waals surface area contributed by atoms with E-state index >= 15 is 0 Å². The Balaban J connectivity index is 2.97. The predicted molar refractivity (Wildman–Crippen MR) is 81.2 cm³/mol. The number of aliphatic carboxylic acids is 1. The molecule has 0 aliphatic carbocycles. The first-order valence-corrected chi connectivity index (χ1v) is 7.63. The fraction of sp³-hybridized carbons (Fsp3) is 0.786. The standard InChI is InChI=1S/C14H24N2O9/c1-5(9(13(22)23)15-6(2)18)24-14-10(16-7(3)19)12(21)11(20)8(4-17)25-14/h5,8-12,14,17,20-21H,4H2,1-3H3,(H,15,18)(H,16,19)(H,22,23)/t5-,8-,9+,10-,11-,12-,14-/m1/s1. The van der Waals surface area contributed by atoms with Crippen LogP contribution in [0, 0.1) is 0 Å². The van der Waals surface area contributed by atoms with Crippen LogP contribution in [0.5, 0.6) is 0 Å². The second-order valence-electron chi connectivity index (χ2n) is 5.79. The molecule has 1 aliphatic rings. The lowest BCUT2D eigenvalue weighted by molar-refractivity contribution is -0.282. The van der Waals surface area contributed by atoms with Crippen molar-refractivity contribution < 1.29 is 44.3 Å². The molecular weight excluding hydrogens is 340 g/mol. The first-order valence-electron chi connectivity index (χ1n) is 7.63. The fourth-order valence-electron chi connectivity index (χ4n) is 2.48. The first kappa shape index (κ1) is 21.3. The average Bonchev–Trinajstić information content (AvgIpc) is 2.51. The van der Waals surface area contributed by atoms with E-state index in [-0.39, 0.29) is 0 Å². The molecule has 11 heteroatoms. The highest BCUT2D eigenvalue weighted by molar-refractivity contribution is 5.82. The number of carboxylic acid groups (broad SMARTS) is 1. The van der Waals surface area contributed by atoms with Crippen LogP contribution in [-0.2, 0) is 23.9 Å². The first-order chi connectivity index (χ1) is 11.6. The number of carbonyl (C=O) groups is 3. The zero-order valence-corrected chi connectivity index (χ0v) is 14.1. The number of carbonyl (C=O) groups excluding carboxylic acids is 2. The third-order valence-corrected chi connectivity index (χ3v) is 3.69. The van der Waals surface area contributed by atoms with E-state index < -0.39 is 67.2 Å². The number of aliphatic hydroxyl groups excluding tert-OH is 3. The summed E-state index contributed by atoms with van der Waals surface area (Å²) in [5.41, 5.74) is 0. The summed E-state index contributed by atoms with van der Waals surface area (Å²) in [6, 6.07) is -2.61. The zero-order valence-electron chi connectivity index (χ0n) is 14.1. The highest BCUT2D eigenvalue weighted by Crippen LogP contribution is 2.23. The van der Waals surface area contributed by atoms with Gasteiger partial charge in [-0.05, 0) is 6.92 Å². The largest absolute Gasteiger partial charge is 0.480 e. The molecule has 25 heavy (non-hydrogen) atoms. The van der Waals surface area contributed by atoms with Gasteiger partial charge in [0.15, 0.2) is 12.3 Å². The van der Waals surface area contributed by atoms with Crippen molar-refractivity contribution in [1.29, 1.82) is 0 Å². The highest BCUT2D eigenvalue weighted by atomic mass is 16.7. The van der Waals surface area contributed by atoms with E-state index in [1.54, 1.807) is 0 Å². The Hall–Kier alpha value is -1.79. The van der Waals surface area contributed by atoms with E-state index in [0.29, 0.717) is 0 Å². The summed E-state index contributed by atoms with van der Waals surface area (Å²) in [6.45, 7) is 3.04. The molecule has 11 nitrogen and oxygen atoms in total. The highest BCUT2D eigenvalue weighted by Gasteiger charge is 2.46. The number of aliphatic hydroxyl groups is 3. The molecule has 1 fully saturated rings. The zero-order chi connectivity index (χ0) is 19.3. The molecule has 144 valence electrons. The lowest BCUT2D eigenvalue weighted by Gasteiger charge is -2.43. The molecule has 1 saturated heterocycles. The van der Waals surface area contributed by atoms with Crippen LogP contribution in [0.25, 0.3) is 0 Å².